The average Bonchev–Trinajstić information content (AvgIpc) is 2.26. The Morgan fingerprint density at radius 1 is 1.24 bits per heavy atom. The molecule has 6 nitrogen and oxygen atoms in total. The van der Waals surface area contributed by atoms with Gasteiger partial charge in [0.05, 0.1) is 13.2 Å². The third-order valence-electron chi connectivity index (χ3n) is 2.55. The Bertz CT molecular complexity index is 273. The van der Waals surface area contributed by atoms with Crippen molar-refractivity contribution in [3.05, 3.63) is 0 Å². The number of hydrogen-bond acceptors (Lipinski definition) is 4. The molecule has 2 amide bonds. The number of nitrogens with two attached hydrogens (primary N) is 1. The van der Waals surface area contributed by atoms with Crippen molar-refractivity contribution in [3.8, 4) is 0 Å². The highest BCUT2D eigenvalue weighted by Gasteiger charge is 2.22. The van der Waals surface area contributed by atoms with Gasteiger partial charge < -0.3 is 15.4 Å². The number of primary amides is 1. The van der Waals surface area contributed by atoms with E-state index in [1.807, 2.05) is 18.7 Å². The lowest BCUT2D eigenvalue weighted by Crippen LogP contribution is -2.50. The SMILES string of the molecule is CC(C)COC(=O)N1CCN(CC(N)=O)CC1. The summed E-state index contributed by atoms with van der Waals surface area (Å²) in [7, 11) is 0. The molecule has 1 heterocycles. The second kappa shape index (κ2) is 6.44. The van der Waals surface area contributed by atoms with Crippen molar-refractivity contribution in [1.82, 2.24) is 9.80 Å². The van der Waals surface area contributed by atoms with E-state index in [1.54, 1.807) is 4.90 Å². The van der Waals surface area contributed by atoms with Crippen LogP contribution in [0.4, 0.5) is 4.79 Å². The van der Waals surface area contributed by atoms with Crippen LogP contribution in [-0.2, 0) is 9.53 Å². The average molecular weight is 243 g/mol. The number of carbonyl (C=O) groups is 2. The molecule has 0 aromatic rings. The summed E-state index contributed by atoms with van der Waals surface area (Å²) in [6.07, 6.45) is -0.266. The summed E-state index contributed by atoms with van der Waals surface area (Å²) in [5, 5.41) is 0. The van der Waals surface area contributed by atoms with Crippen LogP contribution in [0.15, 0.2) is 0 Å². The van der Waals surface area contributed by atoms with Gasteiger partial charge in [-0.1, -0.05) is 13.8 Å². The number of rotatable bonds is 4. The summed E-state index contributed by atoms with van der Waals surface area (Å²) >= 11 is 0. The normalized spacial score (nSPS) is 17.2. The Hall–Kier alpha value is -1.30. The van der Waals surface area contributed by atoms with E-state index >= 15 is 0 Å². The van der Waals surface area contributed by atoms with Crippen LogP contribution in [0.3, 0.4) is 0 Å². The van der Waals surface area contributed by atoms with Gasteiger partial charge in [0.1, 0.15) is 0 Å². The van der Waals surface area contributed by atoms with Gasteiger partial charge in [0.25, 0.3) is 0 Å². The van der Waals surface area contributed by atoms with Crippen LogP contribution < -0.4 is 5.73 Å². The predicted octanol–water partition coefficient (Wildman–Crippen LogP) is -0.118. The summed E-state index contributed by atoms with van der Waals surface area (Å²) in [5.41, 5.74) is 5.11. The van der Waals surface area contributed by atoms with Crippen LogP contribution >= 0.6 is 0 Å². The molecule has 0 unspecified atom stereocenters. The van der Waals surface area contributed by atoms with Gasteiger partial charge in [-0.2, -0.15) is 0 Å². The first-order valence-corrected chi connectivity index (χ1v) is 5.91. The fraction of sp³-hybridized carbons (Fsp3) is 0.818. The van der Waals surface area contributed by atoms with Crippen molar-refractivity contribution in [3.63, 3.8) is 0 Å². The van der Waals surface area contributed by atoms with Crippen molar-refractivity contribution in [2.24, 2.45) is 11.7 Å². The van der Waals surface area contributed by atoms with Crippen LogP contribution in [0.25, 0.3) is 0 Å². The molecule has 0 bridgehead atoms. The van der Waals surface area contributed by atoms with Gasteiger partial charge >= 0.3 is 6.09 Å². The molecule has 1 saturated heterocycles. The molecule has 0 atom stereocenters. The van der Waals surface area contributed by atoms with Crippen LogP contribution in [0.5, 0.6) is 0 Å². The number of hydrogen-bond donors (Lipinski definition) is 1. The summed E-state index contributed by atoms with van der Waals surface area (Å²) in [5.74, 6) is 0.0101. The lowest BCUT2D eigenvalue weighted by Gasteiger charge is -2.33. The second-order valence-corrected chi connectivity index (χ2v) is 4.70. The molecule has 0 radical (unpaired) electrons. The maximum absolute atomic E-state index is 11.6. The summed E-state index contributed by atoms with van der Waals surface area (Å²) in [6.45, 7) is 7.21. The van der Waals surface area contributed by atoms with E-state index in [1.165, 1.54) is 0 Å². The zero-order valence-electron chi connectivity index (χ0n) is 10.5. The third kappa shape index (κ3) is 5.04. The first kappa shape index (κ1) is 13.8. The standard InChI is InChI=1S/C11H21N3O3/c1-9(2)8-17-11(16)14-5-3-13(4-6-14)7-10(12)15/h9H,3-8H2,1-2H3,(H2,12,15). The highest BCUT2D eigenvalue weighted by atomic mass is 16.6. The quantitative estimate of drug-likeness (QED) is 0.747. The second-order valence-electron chi connectivity index (χ2n) is 4.70. The molecule has 6 heteroatoms. The summed E-state index contributed by atoms with van der Waals surface area (Å²) in [4.78, 5) is 26.0. The lowest BCUT2D eigenvalue weighted by molar-refractivity contribution is -0.119. The van der Waals surface area contributed by atoms with E-state index < -0.39 is 0 Å². The Kier molecular flexibility index (Phi) is 5.21. The van der Waals surface area contributed by atoms with E-state index in [0.717, 1.165) is 0 Å². The van der Waals surface area contributed by atoms with Crippen molar-refractivity contribution in [1.29, 1.82) is 0 Å². The highest BCUT2D eigenvalue weighted by molar-refractivity contribution is 5.76. The number of piperazine rings is 1. The van der Waals surface area contributed by atoms with Crippen LogP contribution in [-0.4, -0.2) is 61.1 Å². The van der Waals surface area contributed by atoms with Gasteiger partial charge in [-0.25, -0.2) is 4.79 Å². The smallest absolute Gasteiger partial charge is 0.409 e. The molecule has 17 heavy (non-hydrogen) atoms. The maximum Gasteiger partial charge on any atom is 0.409 e. The number of ether oxygens (including phenoxy) is 1. The van der Waals surface area contributed by atoms with Crippen LogP contribution in [0.1, 0.15) is 13.8 Å². The van der Waals surface area contributed by atoms with Crippen LogP contribution in [0.2, 0.25) is 0 Å². The van der Waals surface area contributed by atoms with E-state index in [4.69, 9.17) is 10.5 Å². The first-order chi connectivity index (χ1) is 7.99. The fourth-order valence-electron chi connectivity index (χ4n) is 1.64. The molecular formula is C11H21N3O3. The van der Waals surface area contributed by atoms with E-state index in [2.05, 4.69) is 0 Å². The largest absolute Gasteiger partial charge is 0.449 e. The molecule has 0 spiro atoms. The van der Waals surface area contributed by atoms with Gasteiger partial charge in [0.2, 0.25) is 5.91 Å². The maximum atomic E-state index is 11.6. The first-order valence-electron chi connectivity index (χ1n) is 5.91. The topological polar surface area (TPSA) is 75.9 Å². The molecule has 0 saturated carbocycles. The van der Waals surface area contributed by atoms with Crippen molar-refractivity contribution in [2.75, 3.05) is 39.3 Å². The van der Waals surface area contributed by atoms with Gasteiger partial charge in [-0.3, -0.25) is 9.69 Å². The predicted molar refractivity (Wildman–Crippen MR) is 63.4 cm³/mol. The van der Waals surface area contributed by atoms with Gasteiger partial charge in [0.15, 0.2) is 0 Å². The van der Waals surface area contributed by atoms with Crippen molar-refractivity contribution >= 4 is 12.0 Å². The minimum Gasteiger partial charge on any atom is -0.449 e. The monoisotopic (exact) mass is 243 g/mol. The minimum atomic E-state index is -0.333. The Morgan fingerprint density at radius 3 is 2.29 bits per heavy atom. The van der Waals surface area contributed by atoms with E-state index in [-0.39, 0.29) is 18.5 Å². The van der Waals surface area contributed by atoms with Gasteiger partial charge in [-0.05, 0) is 5.92 Å². The van der Waals surface area contributed by atoms with Gasteiger partial charge in [0, 0.05) is 26.2 Å². The zero-order chi connectivity index (χ0) is 12.8. The van der Waals surface area contributed by atoms with Crippen LogP contribution in [0, 0.1) is 5.92 Å². The minimum absolute atomic E-state index is 0.259. The zero-order valence-corrected chi connectivity index (χ0v) is 10.5. The molecule has 1 aliphatic rings. The fourth-order valence-corrected chi connectivity index (χ4v) is 1.64. The van der Waals surface area contributed by atoms with Crippen molar-refractivity contribution < 1.29 is 14.3 Å². The Labute approximate surface area is 102 Å². The van der Waals surface area contributed by atoms with E-state index in [9.17, 15) is 9.59 Å². The Morgan fingerprint density at radius 2 is 1.82 bits per heavy atom. The summed E-state index contributed by atoms with van der Waals surface area (Å²) in [6, 6.07) is 0. The number of nitrogens with zero attached hydrogens (tertiary/aromatic N) is 2. The molecule has 98 valence electrons. The van der Waals surface area contributed by atoms with Crippen molar-refractivity contribution in [2.45, 2.75) is 13.8 Å². The molecule has 1 fully saturated rings. The molecule has 0 aliphatic carbocycles. The number of amides is 2. The Balaban J connectivity index is 2.26. The summed E-state index contributed by atoms with van der Waals surface area (Å²) < 4.78 is 5.14. The molecule has 1 rings (SSSR count). The molecule has 0 aromatic heterocycles. The van der Waals surface area contributed by atoms with Gasteiger partial charge in [-0.15, -0.1) is 0 Å². The molecule has 0 aromatic carbocycles. The van der Waals surface area contributed by atoms with E-state index in [0.29, 0.717) is 38.7 Å². The molecule has 1 aliphatic heterocycles. The lowest BCUT2D eigenvalue weighted by atomic mass is 10.2. The molecular weight excluding hydrogens is 222 g/mol. The highest BCUT2D eigenvalue weighted by Crippen LogP contribution is 2.04. The number of carbonyl (C=O) groups excluding carboxylic acids is 2. The molecule has 2 N–H and O–H groups in total. The third-order valence-corrected chi connectivity index (χ3v) is 2.55.